The summed E-state index contributed by atoms with van der Waals surface area (Å²) in [6.45, 7) is 0. The molecule has 0 spiro atoms. The number of halogens is 3. The average Bonchev–Trinajstić information content (AvgIpc) is 2.39. The summed E-state index contributed by atoms with van der Waals surface area (Å²) in [7, 11) is 1.12. The molecule has 8 heteroatoms. The van der Waals surface area contributed by atoms with Crippen LogP contribution in [0, 0.1) is 11.3 Å². The summed E-state index contributed by atoms with van der Waals surface area (Å²) in [6, 6.07) is 5.38. The summed E-state index contributed by atoms with van der Waals surface area (Å²) >= 11 is 0. The molecule has 0 aliphatic heterocycles. The minimum Gasteiger partial charge on any atom is -0.469 e. The Balaban J connectivity index is 3.10. The third-order valence-electron chi connectivity index (χ3n) is 2.31. The molecule has 0 unspecified atom stereocenters. The topological polar surface area (TPSA) is 79.2 Å². The number of nitrogens with zero attached hydrogens (tertiary/aromatic N) is 1. The molecule has 0 saturated carbocycles. The second-order valence-corrected chi connectivity index (χ2v) is 3.69. The van der Waals surface area contributed by atoms with E-state index in [1.165, 1.54) is 12.1 Å². The maximum atomic E-state index is 12.2. The Bertz CT molecular complexity index is 576. The molecule has 0 aliphatic rings. The van der Waals surface area contributed by atoms with Crippen LogP contribution < -0.4 is 5.32 Å². The van der Waals surface area contributed by atoms with Crippen molar-refractivity contribution < 1.29 is 27.5 Å². The van der Waals surface area contributed by atoms with Crippen LogP contribution in [0.4, 0.5) is 18.9 Å². The van der Waals surface area contributed by atoms with Crippen molar-refractivity contribution in [3.8, 4) is 6.07 Å². The van der Waals surface area contributed by atoms with Gasteiger partial charge in [-0.2, -0.15) is 18.4 Å². The van der Waals surface area contributed by atoms with Crippen molar-refractivity contribution in [3.05, 3.63) is 29.3 Å². The molecule has 5 nitrogen and oxygen atoms in total. The minimum atomic E-state index is -5.06. The average molecular weight is 286 g/mol. The Morgan fingerprint density at radius 1 is 1.40 bits per heavy atom. The van der Waals surface area contributed by atoms with Crippen LogP contribution in [-0.4, -0.2) is 25.2 Å². The number of esters is 1. The van der Waals surface area contributed by atoms with Gasteiger partial charge in [0.25, 0.3) is 0 Å². The number of alkyl halides is 3. The number of carbonyl (C=O) groups is 2. The molecule has 20 heavy (non-hydrogen) atoms. The first-order chi connectivity index (χ1) is 9.27. The quantitative estimate of drug-likeness (QED) is 0.859. The van der Waals surface area contributed by atoms with Crippen molar-refractivity contribution in [1.29, 1.82) is 5.26 Å². The summed E-state index contributed by atoms with van der Waals surface area (Å²) in [4.78, 5) is 22.1. The monoisotopic (exact) mass is 286 g/mol. The molecule has 1 rings (SSSR count). The van der Waals surface area contributed by atoms with E-state index < -0.39 is 18.1 Å². The van der Waals surface area contributed by atoms with Gasteiger partial charge in [0.15, 0.2) is 0 Å². The summed E-state index contributed by atoms with van der Waals surface area (Å²) in [5.74, 6) is -2.86. The molecular formula is C12H9F3N2O3. The summed E-state index contributed by atoms with van der Waals surface area (Å²) in [6.07, 6.45) is -5.39. The summed E-state index contributed by atoms with van der Waals surface area (Å²) in [5.41, 5.74) is -0.0821. The first kappa shape index (κ1) is 15.5. The van der Waals surface area contributed by atoms with E-state index in [0.29, 0.717) is 0 Å². The van der Waals surface area contributed by atoms with Gasteiger partial charge in [-0.3, -0.25) is 9.59 Å². The summed E-state index contributed by atoms with van der Waals surface area (Å²) in [5, 5.41) is 10.3. The predicted molar refractivity (Wildman–Crippen MR) is 61.6 cm³/mol. The van der Waals surface area contributed by atoms with Gasteiger partial charge in [0, 0.05) is 5.69 Å². The van der Waals surface area contributed by atoms with E-state index in [2.05, 4.69) is 4.74 Å². The zero-order valence-corrected chi connectivity index (χ0v) is 10.2. The number of methoxy groups -OCH3 is 1. The van der Waals surface area contributed by atoms with Gasteiger partial charge in [0.05, 0.1) is 25.2 Å². The lowest BCUT2D eigenvalue weighted by atomic mass is 10.1. The maximum Gasteiger partial charge on any atom is 0.471 e. The van der Waals surface area contributed by atoms with Crippen LogP contribution in [0.3, 0.4) is 0 Å². The van der Waals surface area contributed by atoms with Gasteiger partial charge in [0.2, 0.25) is 0 Å². The molecule has 0 aliphatic carbocycles. The number of rotatable bonds is 3. The van der Waals surface area contributed by atoms with Crippen LogP contribution in [0.2, 0.25) is 0 Å². The molecule has 0 atom stereocenters. The number of amides is 1. The Hall–Kier alpha value is -2.56. The van der Waals surface area contributed by atoms with E-state index in [4.69, 9.17) is 5.26 Å². The minimum absolute atomic E-state index is 0.0519. The van der Waals surface area contributed by atoms with Crippen molar-refractivity contribution in [2.45, 2.75) is 12.6 Å². The number of hydrogen-bond donors (Lipinski definition) is 1. The highest BCUT2D eigenvalue weighted by atomic mass is 19.4. The van der Waals surface area contributed by atoms with Crippen molar-refractivity contribution in [2.24, 2.45) is 0 Å². The van der Waals surface area contributed by atoms with Crippen LogP contribution in [0.25, 0.3) is 0 Å². The van der Waals surface area contributed by atoms with E-state index in [1.807, 2.05) is 0 Å². The molecule has 0 fully saturated rings. The number of ether oxygens (including phenoxy) is 1. The fraction of sp³-hybridized carbons (Fsp3) is 0.250. The smallest absolute Gasteiger partial charge is 0.469 e. The van der Waals surface area contributed by atoms with Gasteiger partial charge in [-0.05, 0) is 17.7 Å². The van der Waals surface area contributed by atoms with Gasteiger partial charge in [0.1, 0.15) is 0 Å². The molecule has 1 amide bonds. The second-order valence-electron chi connectivity index (χ2n) is 3.69. The molecule has 0 radical (unpaired) electrons. The van der Waals surface area contributed by atoms with Gasteiger partial charge in [-0.15, -0.1) is 0 Å². The highest BCUT2D eigenvalue weighted by Crippen LogP contribution is 2.23. The van der Waals surface area contributed by atoms with Gasteiger partial charge < -0.3 is 10.1 Å². The number of nitriles is 1. The first-order valence-corrected chi connectivity index (χ1v) is 5.26. The van der Waals surface area contributed by atoms with E-state index in [9.17, 15) is 22.8 Å². The molecule has 106 valence electrons. The fourth-order valence-corrected chi connectivity index (χ4v) is 1.34. The Kier molecular flexibility index (Phi) is 4.69. The number of benzene rings is 1. The van der Waals surface area contributed by atoms with Crippen LogP contribution in [-0.2, 0) is 20.7 Å². The standard InChI is InChI=1S/C12H9F3N2O3/c1-20-10(18)5-8-3-2-7(6-16)4-9(8)17-11(19)12(13,14)15/h2-4H,5H2,1H3,(H,17,19). The molecule has 1 aromatic rings. The molecule has 0 heterocycles. The predicted octanol–water partition coefficient (Wildman–Crippen LogP) is 1.77. The molecule has 1 N–H and O–H groups in total. The first-order valence-electron chi connectivity index (χ1n) is 5.26. The number of carbonyl (C=O) groups excluding carboxylic acids is 2. The van der Waals surface area contributed by atoms with Crippen LogP contribution in [0.15, 0.2) is 18.2 Å². The van der Waals surface area contributed by atoms with Crippen LogP contribution >= 0.6 is 0 Å². The van der Waals surface area contributed by atoms with Crippen molar-refractivity contribution in [1.82, 2.24) is 0 Å². The van der Waals surface area contributed by atoms with Gasteiger partial charge in [-0.1, -0.05) is 6.07 Å². The Morgan fingerprint density at radius 3 is 2.55 bits per heavy atom. The fourth-order valence-electron chi connectivity index (χ4n) is 1.34. The van der Waals surface area contributed by atoms with Crippen LogP contribution in [0.5, 0.6) is 0 Å². The SMILES string of the molecule is COC(=O)Cc1ccc(C#N)cc1NC(=O)C(F)(F)F. The lowest BCUT2D eigenvalue weighted by molar-refractivity contribution is -0.167. The third kappa shape index (κ3) is 3.98. The Labute approximate surface area is 111 Å². The lowest BCUT2D eigenvalue weighted by Crippen LogP contribution is -2.30. The molecule has 0 aromatic heterocycles. The third-order valence-corrected chi connectivity index (χ3v) is 2.31. The zero-order chi connectivity index (χ0) is 15.3. The highest BCUT2D eigenvalue weighted by molar-refractivity contribution is 5.96. The summed E-state index contributed by atoms with van der Waals surface area (Å²) < 4.78 is 41.0. The maximum absolute atomic E-state index is 12.2. The molecule has 1 aromatic carbocycles. The van der Waals surface area contributed by atoms with E-state index in [1.54, 1.807) is 11.4 Å². The molecule has 0 saturated heterocycles. The largest absolute Gasteiger partial charge is 0.471 e. The molecular weight excluding hydrogens is 277 g/mol. The Morgan fingerprint density at radius 2 is 2.05 bits per heavy atom. The second kappa shape index (κ2) is 6.06. The van der Waals surface area contributed by atoms with Gasteiger partial charge >= 0.3 is 18.1 Å². The van der Waals surface area contributed by atoms with E-state index >= 15 is 0 Å². The lowest BCUT2D eigenvalue weighted by Gasteiger charge is -2.12. The number of nitrogens with one attached hydrogen (secondary N) is 1. The van der Waals surface area contributed by atoms with Gasteiger partial charge in [-0.25, -0.2) is 0 Å². The zero-order valence-electron chi connectivity index (χ0n) is 10.2. The number of anilines is 1. The number of hydrogen-bond acceptors (Lipinski definition) is 4. The van der Waals surface area contributed by atoms with E-state index in [-0.39, 0.29) is 23.2 Å². The van der Waals surface area contributed by atoms with Crippen molar-refractivity contribution in [2.75, 3.05) is 12.4 Å². The van der Waals surface area contributed by atoms with Crippen LogP contribution in [0.1, 0.15) is 11.1 Å². The van der Waals surface area contributed by atoms with E-state index in [0.717, 1.165) is 13.2 Å². The molecule has 0 bridgehead atoms. The van der Waals surface area contributed by atoms with Crippen molar-refractivity contribution in [3.63, 3.8) is 0 Å². The van der Waals surface area contributed by atoms with Crippen molar-refractivity contribution >= 4 is 17.6 Å². The highest BCUT2D eigenvalue weighted by Gasteiger charge is 2.39. The normalized spacial score (nSPS) is 10.6.